The topological polar surface area (TPSA) is 101 Å². The van der Waals surface area contributed by atoms with Gasteiger partial charge >= 0.3 is 5.97 Å². The molecule has 1 amide bonds. The Balaban J connectivity index is 1.82. The molecule has 0 fully saturated rings. The van der Waals surface area contributed by atoms with Gasteiger partial charge in [-0.15, -0.1) is 0 Å². The molecule has 2 rings (SSSR count). The minimum atomic E-state index is -1.17. The van der Waals surface area contributed by atoms with Gasteiger partial charge in [-0.3, -0.25) is 9.78 Å². The highest BCUT2D eigenvalue weighted by Gasteiger charge is 2.31. The lowest BCUT2D eigenvalue weighted by Gasteiger charge is -2.08. The van der Waals surface area contributed by atoms with Crippen molar-refractivity contribution in [2.24, 2.45) is 5.16 Å². The molecule has 0 radical (unpaired) electrons. The number of amides is 1. The van der Waals surface area contributed by atoms with E-state index in [0.717, 1.165) is 0 Å². The Morgan fingerprint density at radius 2 is 2.33 bits per heavy atom. The van der Waals surface area contributed by atoms with Crippen molar-refractivity contribution in [1.82, 2.24) is 10.3 Å². The Bertz CT molecular complexity index is 486. The largest absolute Gasteiger partial charge is 0.477 e. The maximum Gasteiger partial charge on any atom is 0.353 e. The van der Waals surface area contributed by atoms with E-state index in [1.54, 1.807) is 18.3 Å². The van der Waals surface area contributed by atoms with Gasteiger partial charge in [0.15, 0.2) is 5.71 Å². The molecular weight excluding hydrogens is 238 g/mol. The molecule has 7 heteroatoms. The van der Waals surface area contributed by atoms with Crippen molar-refractivity contribution in [3.8, 4) is 0 Å². The molecule has 1 aliphatic heterocycles. The summed E-state index contributed by atoms with van der Waals surface area (Å²) in [7, 11) is 0. The summed E-state index contributed by atoms with van der Waals surface area (Å²) >= 11 is 0. The van der Waals surface area contributed by atoms with Crippen LogP contribution in [0.25, 0.3) is 0 Å². The summed E-state index contributed by atoms with van der Waals surface area (Å²) in [4.78, 5) is 31.0. The van der Waals surface area contributed by atoms with E-state index in [1.807, 2.05) is 6.07 Å². The number of aromatic nitrogens is 1. The molecular formula is C11H11N3O4. The lowest BCUT2D eigenvalue weighted by molar-refractivity contribution is -0.131. The third-order valence-corrected chi connectivity index (χ3v) is 2.38. The van der Waals surface area contributed by atoms with Crippen LogP contribution < -0.4 is 5.32 Å². The predicted molar refractivity (Wildman–Crippen MR) is 60.6 cm³/mol. The number of carbonyl (C=O) groups excluding carboxylic acids is 1. The smallest absolute Gasteiger partial charge is 0.353 e. The van der Waals surface area contributed by atoms with E-state index in [2.05, 4.69) is 15.5 Å². The molecule has 1 unspecified atom stereocenters. The second-order valence-electron chi connectivity index (χ2n) is 3.68. The molecule has 1 atom stereocenters. The number of rotatable bonds is 4. The number of aliphatic carboxylic acids is 1. The van der Waals surface area contributed by atoms with Crippen LogP contribution in [-0.2, 0) is 21.0 Å². The van der Waals surface area contributed by atoms with Crippen molar-refractivity contribution < 1.29 is 19.5 Å². The fraction of sp³-hybridized carbons (Fsp3) is 0.273. The van der Waals surface area contributed by atoms with Gasteiger partial charge in [0.2, 0.25) is 6.10 Å². The molecule has 0 saturated heterocycles. The third-order valence-electron chi connectivity index (χ3n) is 2.38. The van der Waals surface area contributed by atoms with Crippen LogP contribution in [0.4, 0.5) is 0 Å². The molecule has 18 heavy (non-hydrogen) atoms. The van der Waals surface area contributed by atoms with E-state index in [-0.39, 0.29) is 18.7 Å². The van der Waals surface area contributed by atoms with Crippen molar-refractivity contribution in [3.05, 3.63) is 30.1 Å². The first-order valence-electron chi connectivity index (χ1n) is 5.30. The van der Waals surface area contributed by atoms with Crippen LogP contribution in [0.5, 0.6) is 0 Å². The van der Waals surface area contributed by atoms with E-state index in [0.29, 0.717) is 5.69 Å². The van der Waals surface area contributed by atoms with E-state index in [1.165, 1.54) is 0 Å². The zero-order valence-corrected chi connectivity index (χ0v) is 9.37. The second kappa shape index (κ2) is 5.26. The van der Waals surface area contributed by atoms with Gasteiger partial charge in [0.25, 0.3) is 5.91 Å². The quantitative estimate of drug-likeness (QED) is 0.777. The van der Waals surface area contributed by atoms with Crippen molar-refractivity contribution >= 4 is 17.6 Å². The highest BCUT2D eigenvalue weighted by atomic mass is 16.6. The van der Waals surface area contributed by atoms with E-state index in [9.17, 15) is 9.59 Å². The molecule has 0 bridgehead atoms. The van der Waals surface area contributed by atoms with E-state index in [4.69, 9.17) is 9.94 Å². The number of nitrogens with one attached hydrogen (secondary N) is 1. The van der Waals surface area contributed by atoms with Crippen LogP contribution in [0.3, 0.4) is 0 Å². The van der Waals surface area contributed by atoms with Gasteiger partial charge in [0.1, 0.15) is 0 Å². The van der Waals surface area contributed by atoms with Gasteiger partial charge in [-0.2, -0.15) is 0 Å². The fourth-order valence-electron chi connectivity index (χ4n) is 1.44. The number of hydrogen-bond acceptors (Lipinski definition) is 5. The molecule has 2 heterocycles. The molecule has 0 aromatic carbocycles. The maximum atomic E-state index is 11.7. The first-order valence-corrected chi connectivity index (χ1v) is 5.30. The molecule has 7 nitrogen and oxygen atoms in total. The number of carboxylic acids is 1. The summed E-state index contributed by atoms with van der Waals surface area (Å²) in [6.45, 7) is 0.266. The minimum absolute atomic E-state index is 0.0244. The van der Waals surface area contributed by atoms with Crippen molar-refractivity contribution in [2.75, 3.05) is 0 Å². The summed E-state index contributed by atoms with van der Waals surface area (Å²) in [5.74, 6) is -1.57. The summed E-state index contributed by atoms with van der Waals surface area (Å²) in [6.07, 6.45) is 0.725. The summed E-state index contributed by atoms with van der Waals surface area (Å²) in [5, 5.41) is 14.6. The van der Waals surface area contributed by atoms with Crippen LogP contribution in [-0.4, -0.2) is 33.8 Å². The number of hydrogen-bond donors (Lipinski definition) is 2. The van der Waals surface area contributed by atoms with E-state index < -0.39 is 18.0 Å². The monoisotopic (exact) mass is 249 g/mol. The number of pyridine rings is 1. The third kappa shape index (κ3) is 2.82. The Kier molecular flexibility index (Phi) is 3.52. The Morgan fingerprint density at radius 1 is 1.50 bits per heavy atom. The SMILES string of the molecule is O=C(O)C1=NOC(C(=O)NCc2ccccn2)C1. The highest BCUT2D eigenvalue weighted by molar-refractivity contribution is 6.36. The molecule has 0 spiro atoms. The molecule has 1 aromatic rings. The van der Waals surface area contributed by atoms with Gasteiger partial charge < -0.3 is 15.3 Å². The lowest BCUT2D eigenvalue weighted by Crippen LogP contribution is -2.35. The first kappa shape index (κ1) is 12.0. The predicted octanol–water partition coefficient (Wildman–Crippen LogP) is -0.0727. The van der Waals surface area contributed by atoms with Gasteiger partial charge in [-0.1, -0.05) is 11.2 Å². The number of carboxylic acid groups (broad SMARTS) is 1. The van der Waals surface area contributed by atoms with Gasteiger partial charge in [0.05, 0.1) is 12.2 Å². The highest BCUT2D eigenvalue weighted by Crippen LogP contribution is 2.10. The summed E-state index contributed by atoms with van der Waals surface area (Å²) in [5.41, 5.74) is 0.566. The Labute approximate surface area is 102 Å². The number of carbonyl (C=O) groups is 2. The standard InChI is InChI=1S/C11H11N3O4/c15-10(9-5-8(11(16)17)14-18-9)13-6-7-3-1-2-4-12-7/h1-4,9H,5-6H2,(H,13,15)(H,16,17). The van der Waals surface area contributed by atoms with Crippen LogP contribution >= 0.6 is 0 Å². The van der Waals surface area contributed by atoms with Gasteiger partial charge in [0, 0.05) is 12.6 Å². The van der Waals surface area contributed by atoms with Crippen LogP contribution in [0.15, 0.2) is 29.6 Å². The lowest BCUT2D eigenvalue weighted by atomic mass is 10.1. The zero-order chi connectivity index (χ0) is 13.0. The minimum Gasteiger partial charge on any atom is -0.477 e. The van der Waals surface area contributed by atoms with Gasteiger partial charge in [-0.05, 0) is 12.1 Å². The maximum absolute atomic E-state index is 11.7. The first-order chi connectivity index (χ1) is 8.66. The normalized spacial score (nSPS) is 17.8. The van der Waals surface area contributed by atoms with Crippen LogP contribution in [0.2, 0.25) is 0 Å². The average molecular weight is 249 g/mol. The Hall–Kier alpha value is -2.44. The van der Waals surface area contributed by atoms with Crippen LogP contribution in [0.1, 0.15) is 12.1 Å². The molecule has 0 aliphatic carbocycles. The second-order valence-corrected chi connectivity index (χ2v) is 3.68. The summed E-state index contributed by atoms with van der Waals surface area (Å²) in [6, 6.07) is 5.36. The Morgan fingerprint density at radius 3 is 2.94 bits per heavy atom. The molecule has 1 aliphatic rings. The van der Waals surface area contributed by atoms with Crippen molar-refractivity contribution in [3.63, 3.8) is 0 Å². The molecule has 0 saturated carbocycles. The molecule has 2 N–H and O–H groups in total. The fourth-order valence-corrected chi connectivity index (χ4v) is 1.44. The average Bonchev–Trinajstić information content (AvgIpc) is 2.87. The van der Waals surface area contributed by atoms with E-state index >= 15 is 0 Å². The van der Waals surface area contributed by atoms with Gasteiger partial charge in [-0.25, -0.2) is 4.79 Å². The van der Waals surface area contributed by atoms with Crippen molar-refractivity contribution in [1.29, 1.82) is 0 Å². The van der Waals surface area contributed by atoms with Crippen LogP contribution in [0, 0.1) is 0 Å². The summed E-state index contributed by atoms with van der Waals surface area (Å²) < 4.78 is 0. The van der Waals surface area contributed by atoms with Crippen molar-refractivity contribution in [2.45, 2.75) is 19.1 Å². The molecule has 94 valence electrons. The number of nitrogens with zero attached hydrogens (tertiary/aromatic N) is 2. The number of oxime groups is 1. The molecule has 1 aromatic heterocycles. The zero-order valence-electron chi connectivity index (χ0n) is 9.37.